The number of amides is 1. The van der Waals surface area contributed by atoms with E-state index in [2.05, 4.69) is 10.2 Å². The fourth-order valence-electron chi connectivity index (χ4n) is 4.00. The van der Waals surface area contributed by atoms with Gasteiger partial charge in [-0.05, 0) is 37.1 Å². The summed E-state index contributed by atoms with van der Waals surface area (Å²) in [5.41, 5.74) is 1.94. The number of fused-ring (bicyclic) bond motifs is 2. The number of carbonyl (C=O) groups is 1. The van der Waals surface area contributed by atoms with Crippen LogP contribution in [0.25, 0.3) is 10.9 Å². The molecule has 2 aliphatic heterocycles. The highest BCUT2D eigenvalue weighted by Gasteiger charge is 2.26. The molecular weight excluding hydrogens is 370 g/mol. The highest BCUT2D eigenvalue weighted by Crippen LogP contribution is 2.35. The van der Waals surface area contributed by atoms with Gasteiger partial charge in [0.1, 0.15) is 5.82 Å². The molecule has 0 saturated carbocycles. The number of rotatable bonds is 4. The number of carbonyl (C=O) groups excluding carboxylic acids is 1. The van der Waals surface area contributed by atoms with Crippen LogP contribution < -0.4 is 19.7 Å². The summed E-state index contributed by atoms with van der Waals surface area (Å²) in [5.74, 6) is 1.79. The van der Waals surface area contributed by atoms with Crippen LogP contribution in [-0.2, 0) is 0 Å². The Labute approximate surface area is 167 Å². The Morgan fingerprint density at radius 3 is 2.93 bits per heavy atom. The van der Waals surface area contributed by atoms with Gasteiger partial charge in [-0.2, -0.15) is 0 Å². The lowest BCUT2D eigenvalue weighted by molar-refractivity contribution is 0.102. The van der Waals surface area contributed by atoms with E-state index in [9.17, 15) is 9.90 Å². The van der Waals surface area contributed by atoms with Crippen LogP contribution in [0.5, 0.6) is 11.5 Å². The number of ether oxygens (including phenoxy) is 2. The summed E-state index contributed by atoms with van der Waals surface area (Å²) in [6.45, 7) is 1.08. The molecule has 7 heteroatoms. The molecule has 1 saturated heterocycles. The molecule has 2 N–H and O–H groups in total. The van der Waals surface area contributed by atoms with E-state index in [-0.39, 0.29) is 25.3 Å². The molecule has 1 unspecified atom stereocenters. The van der Waals surface area contributed by atoms with E-state index in [0.717, 1.165) is 36.1 Å². The van der Waals surface area contributed by atoms with Crippen molar-refractivity contribution in [1.82, 2.24) is 4.98 Å². The molecule has 2 aromatic carbocycles. The number of para-hydroxylation sites is 1. The molecule has 0 bridgehead atoms. The molecule has 5 rings (SSSR count). The van der Waals surface area contributed by atoms with Crippen molar-refractivity contribution in [3.63, 3.8) is 0 Å². The van der Waals surface area contributed by atoms with Gasteiger partial charge >= 0.3 is 0 Å². The molecule has 3 aromatic rings. The predicted octanol–water partition coefficient (Wildman–Crippen LogP) is 3.18. The third-order valence-corrected chi connectivity index (χ3v) is 5.46. The standard InChI is InChI=1S/C22H21N3O4/c26-12-15-4-3-9-25(15)21-11-17(16-5-1-2-6-18(16)24-21)22(27)23-14-7-8-19-20(10-14)29-13-28-19/h1-2,5-8,10-11,15,26H,3-4,9,12-13H2,(H,23,27). The van der Waals surface area contributed by atoms with Crippen LogP contribution in [0.2, 0.25) is 0 Å². The maximum atomic E-state index is 13.2. The van der Waals surface area contributed by atoms with Crippen LogP contribution in [0, 0.1) is 0 Å². The Hall–Kier alpha value is -3.32. The Bertz CT molecular complexity index is 1080. The van der Waals surface area contributed by atoms with Crippen LogP contribution >= 0.6 is 0 Å². The van der Waals surface area contributed by atoms with Gasteiger partial charge in [-0.3, -0.25) is 4.79 Å². The lowest BCUT2D eigenvalue weighted by Crippen LogP contribution is -2.33. The molecule has 1 atom stereocenters. The number of hydrogen-bond acceptors (Lipinski definition) is 6. The van der Waals surface area contributed by atoms with Crippen molar-refractivity contribution in [2.45, 2.75) is 18.9 Å². The van der Waals surface area contributed by atoms with Gasteiger partial charge in [-0.25, -0.2) is 4.98 Å². The number of anilines is 2. The number of pyridine rings is 1. The predicted molar refractivity (Wildman–Crippen MR) is 110 cm³/mol. The SMILES string of the molecule is O=C(Nc1ccc2c(c1)OCO2)c1cc(N2CCCC2CO)nc2ccccc12. The summed E-state index contributed by atoms with van der Waals surface area (Å²) in [4.78, 5) is 20.0. The van der Waals surface area contributed by atoms with Crippen molar-refractivity contribution in [2.75, 3.05) is 30.2 Å². The van der Waals surface area contributed by atoms with Gasteiger partial charge in [0, 0.05) is 23.7 Å². The minimum Gasteiger partial charge on any atom is -0.454 e. The zero-order valence-corrected chi connectivity index (χ0v) is 15.8. The number of nitrogens with one attached hydrogen (secondary N) is 1. The molecule has 1 fully saturated rings. The van der Waals surface area contributed by atoms with Crippen molar-refractivity contribution >= 4 is 28.3 Å². The maximum Gasteiger partial charge on any atom is 0.256 e. The smallest absolute Gasteiger partial charge is 0.256 e. The van der Waals surface area contributed by atoms with Gasteiger partial charge in [-0.1, -0.05) is 18.2 Å². The van der Waals surface area contributed by atoms with Gasteiger partial charge in [0.15, 0.2) is 11.5 Å². The second-order valence-electron chi connectivity index (χ2n) is 7.24. The first-order chi connectivity index (χ1) is 14.2. The zero-order chi connectivity index (χ0) is 19.8. The summed E-state index contributed by atoms with van der Waals surface area (Å²) in [5, 5.41) is 13.4. The average molecular weight is 391 g/mol. The number of nitrogens with zero attached hydrogens (tertiary/aromatic N) is 2. The monoisotopic (exact) mass is 391 g/mol. The molecule has 2 aliphatic rings. The van der Waals surface area contributed by atoms with Crippen molar-refractivity contribution in [3.8, 4) is 11.5 Å². The molecule has 1 amide bonds. The maximum absolute atomic E-state index is 13.2. The van der Waals surface area contributed by atoms with Crippen molar-refractivity contribution < 1.29 is 19.4 Å². The number of aromatic nitrogens is 1. The lowest BCUT2D eigenvalue weighted by Gasteiger charge is -2.25. The van der Waals surface area contributed by atoms with Gasteiger partial charge < -0.3 is 24.8 Å². The summed E-state index contributed by atoms with van der Waals surface area (Å²) in [6, 6.07) is 14.8. The first-order valence-electron chi connectivity index (χ1n) is 9.71. The first kappa shape index (κ1) is 17.8. The van der Waals surface area contributed by atoms with Gasteiger partial charge in [0.25, 0.3) is 5.91 Å². The second kappa shape index (κ2) is 7.25. The molecule has 0 aliphatic carbocycles. The molecule has 7 nitrogen and oxygen atoms in total. The minimum absolute atomic E-state index is 0.0356. The molecule has 3 heterocycles. The highest BCUT2D eigenvalue weighted by molar-refractivity contribution is 6.13. The van der Waals surface area contributed by atoms with Crippen molar-refractivity contribution in [2.24, 2.45) is 0 Å². The molecule has 29 heavy (non-hydrogen) atoms. The van der Waals surface area contributed by atoms with Crippen LogP contribution in [0.4, 0.5) is 11.5 Å². The van der Waals surface area contributed by atoms with E-state index in [1.165, 1.54) is 0 Å². The fourth-order valence-corrected chi connectivity index (χ4v) is 4.00. The van der Waals surface area contributed by atoms with Gasteiger partial charge in [-0.15, -0.1) is 0 Å². The van der Waals surface area contributed by atoms with Crippen LogP contribution in [0.15, 0.2) is 48.5 Å². The summed E-state index contributed by atoms with van der Waals surface area (Å²) >= 11 is 0. The van der Waals surface area contributed by atoms with E-state index >= 15 is 0 Å². The topological polar surface area (TPSA) is 83.9 Å². The largest absolute Gasteiger partial charge is 0.454 e. The summed E-state index contributed by atoms with van der Waals surface area (Å²) in [6.07, 6.45) is 1.92. The van der Waals surface area contributed by atoms with Crippen LogP contribution in [0.1, 0.15) is 23.2 Å². The molecule has 0 radical (unpaired) electrons. The Kier molecular flexibility index (Phi) is 4.44. The van der Waals surface area contributed by atoms with Crippen molar-refractivity contribution in [3.05, 3.63) is 54.1 Å². The number of benzene rings is 2. The summed E-state index contributed by atoms with van der Waals surface area (Å²) in [7, 11) is 0. The van der Waals surface area contributed by atoms with Gasteiger partial charge in [0.2, 0.25) is 6.79 Å². The minimum atomic E-state index is -0.219. The third kappa shape index (κ3) is 3.23. The van der Waals surface area contributed by atoms with Crippen molar-refractivity contribution in [1.29, 1.82) is 0 Å². The lowest BCUT2D eigenvalue weighted by atomic mass is 10.1. The number of hydrogen-bond donors (Lipinski definition) is 2. The number of aliphatic hydroxyl groups is 1. The highest BCUT2D eigenvalue weighted by atomic mass is 16.7. The van der Waals surface area contributed by atoms with E-state index in [1.807, 2.05) is 30.3 Å². The number of aliphatic hydroxyl groups excluding tert-OH is 1. The molecular formula is C22H21N3O4. The summed E-state index contributed by atoms with van der Waals surface area (Å²) < 4.78 is 10.7. The zero-order valence-electron chi connectivity index (χ0n) is 15.8. The Balaban J connectivity index is 1.52. The molecule has 148 valence electrons. The fraction of sp³-hybridized carbons (Fsp3) is 0.273. The Morgan fingerprint density at radius 1 is 1.17 bits per heavy atom. The first-order valence-corrected chi connectivity index (χ1v) is 9.71. The van der Waals surface area contributed by atoms with E-state index in [1.54, 1.807) is 18.2 Å². The van der Waals surface area contributed by atoms with E-state index in [4.69, 9.17) is 14.5 Å². The van der Waals surface area contributed by atoms with E-state index in [0.29, 0.717) is 22.7 Å². The Morgan fingerprint density at radius 2 is 2.03 bits per heavy atom. The second-order valence-corrected chi connectivity index (χ2v) is 7.24. The van der Waals surface area contributed by atoms with E-state index < -0.39 is 0 Å². The third-order valence-electron chi connectivity index (χ3n) is 5.46. The van der Waals surface area contributed by atoms with Crippen LogP contribution in [0.3, 0.4) is 0 Å². The van der Waals surface area contributed by atoms with Crippen LogP contribution in [-0.4, -0.2) is 42.0 Å². The molecule has 0 spiro atoms. The normalized spacial score (nSPS) is 17.7. The quantitative estimate of drug-likeness (QED) is 0.711. The molecule has 1 aromatic heterocycles. The average Bonchev–Trinajstić information content (AvgIpc) is 3.41. The van der Waals surface area contributed by atoms with Gasteiger partial charge in [0.05, 0.1) is 23.7 Å².